The van der Waals surface area contributed by atoms with Gasteiger partial charge in [-0.2, -0.15) is 0 Å². The Balaban J connectivity index is 2.25. The normalized spacial score (nSPS) is 21.6. The molecule has 2 N–H and O–H groups in total. The van der Waals surface area contributed by atoms with Crippen LogP contribution in [0.15, 0.2) is 0 Å². The van der Waals surface area contributed by atoms with E-state index in [1.807, 2.05) is 0 Å². The van der Waals surface area contributed by atoms with Gasteiger partial charge in [0.25, 0.3) is 0 Å². The smallest absolute Gasteiger partial charge is 0.0507 e. The first-order valence-electron chi connectivity index (χ1n) is 6.65. The van der Waals surface area contributed by atoms with Gasteiger partial charge in [0, 0.05) is 26.3 Å². The van der Waals surface area contributed by atoms with Crippen LogP contribution in [0.4, 0.5) is 0 Å². The quantitative estimate of drug-likeness (QED) is 0.667. The highest BCUT2D eigenvalue weighted by Crippen LogP contribution is 2.29. The van der Waals surface area contributed by atoms with Crippen molar-refractivity contribution in [3.8, 4) is 0 Å². The summed E-state index contributed by atoms with van der Waals surface area (Å²) in [5.41, 5.74) is 0.286. The van der Waals surface area contributed by atoms with Gasteiger partial charge in [-0.3, -0.25) is 0 Å². The number of aliphatic hydroxyl groups excluding tert-OH is 1. The van der Waals surface area contributed by atoms with Crippen LogP contribution in [0.3, 0.4) is 0 Å². The summed E-state index contributed by atoms with van der Waals surface area (Å²) in [6.45, 7) is 8.67. The first-order valence-corrected chi connectivity index (χ1v) is 6.65. The molecule has 0 aromatic rings. The first kappa shape index (κ1) is 13.9. The molecule has 1 rings (SSSR count). The van der Waals surface area contributed by atoms with Crippen molar-refractivity contribution in [3.63, 3.8) is 0 Å². The fourth-order valence-corrected chi connectivity index (χ4v) is 2.46. The molecule has 1 atom stereocenters. The van der Waals surface area contributed by atoms with Crippen LogP contribution in [0.2, 0.25) is 0 Å². The second kappa shape index (κ2) is 7.25. The lowest BCUT2D eigenvalue weighted by atomic mass is 9.79. The maximum atomic E-state index is 9.13. The molecule has 3 heteroatoms. The molecule has 1 unspecified atom stereocenters. The first-order chi connectivity index (χ1) is 7.76. The third kappa shape index (κ3) is 4.04. The maximum Gasteiger partial charge on any atom is 0.0507 e. The van der Waals surface area contributed by atoms with E-state index in [9.17, 15) is 0 Å². The Kier molecular flexibility index (Phi) is 6.32. The van der Waals surface area contributed by atoms with Gasteiger partial charge in [-0.1, -0.05) is 13.8 Å². The predicted molar refractivity (Wildman–Crippen MR) is 66.5 cm³/mol. The Bertz CT molecular complexity index is 175. The van der Waals surface area contributed by atoms with Gasteiger partial charge in [-0.05, 0) is 37.0 Å². The van der Waals surface area contributed by atoms with Crippen LogP contribution in [0.5, 0.6) is 0 Å². The van der Waals surface area contributed by atoms with Crippen molar-refractivity contribution in [3.05, 3.63) is 0 Å². The molecular formula is C13H27NO2. The lowest BCUT2D eigenvalue weighted by Crippen LogP contribution is -2.36. The van der Waals surface area contributed by atoms with Crippen LogP contribution in [0, 0.1) is 11.3 Å². The molecule has 1 aliphatic heterocycles. The molecule has 0 bridgehead atoms. The van der Waals surface area contributed by atoms with Gasteiger partial charge in [0.15, 0.2) is 0 Å². The molecule has 0 aromatic heterocycles. The zero-order valence-corrected chi connectivity index (χ0v) is 10.8. The summed E-state index contributed by atoms with van der Waals surface area (Å²) < 4.78 is 5.36. The number of rotatable bonds is 8. The highest BCUT2D eigenvalue weighted by atomic mass is 16.5. The molecule has 1 saturated heterocycles. The number of nitrogens with one attached hydrogen (secondary N) is 1. The van der Waals surface area contributed by atoms with Crippen molar-refractivity contribution in [1.29, 1.82) is 0 Å². The molecule has 0 aliphatic carbocycles. The van der Waals surface area contributed by atoms with Crippen LogP contribution in [0.1, 0.15) is 39.5 Å². The molecular weight excluding hydrogens is 202 g/mol. The SMILES string of the molecule is CCC(CC)(CCO)CNCC1CCOC1. The summed E-state index contributed by atoms with van der Waals surface area (Å²) in [6.07, 6.45) is 4.38. The van der Waals surface area contributed by atoms with Crippen molar-refractivity contribution in [1.82, 2.24) is 5.32 Å². The summed E-state index contributed by atoms with van der Waals surface area (Å²) in [5, 5.41) is 12.7. The monoisotopic (exact) mass is 229 g/mol. The maximum absolute atomic E-state index is 9.13. The summed E-state index contributed by atoms with van der Waals surface area (Å²) in [4.78, 5) is 0. The van der Waals surface area contributed by atoms with E-state index in [4.69, 9.17) is 9.84 Å². The minimum atomic E-state index is 0.286. The van der Waals surface area contributed by atoms with E-state index in [0.717, 1.165) is 45.6 Å². The lowest BCUT2D eigenvalue weighted by molar-refractivity contribution is 0.158. The van der Waals surface area contributed by atoms with Crippen LogP contribution < -0.4 is 5.32 Å². The zero-order chi connectivity index (χ0) is 11.9. The van der Waals surface area contributed by atoms with E-state index in [1.165, 1.54) is 6.42 Å². The molecule has 16 heavy (non-hydrogen) atoms. The van der Waals surface area contributed by atoms with Gasteiger partial charge in [0.2, 0.25) is 0 Å². The van der Waals surface area contributed by atoms with E-state index in [1.54, 1.807) is 0 Å². The van der Waals surface area contributed by atoms with E-state index in [0.29, 0.717) is 12.5 Å². The average Bonchev–Trinajstić information content (AvgIpc) is 2.81. The highest BCUT2D eigenvalue weighted by Gasteiger charge is 2.25. The van der Waals surface area contributed by atoms with E-state index < -0.39 is 0 Å². The molecule has 96 valence electrons. The van der Waals surface area contributed by atoms with Crippen molar-refractivity contribution in [2.75, 3.05) is 32.9 Å². The Morgan fingerprint density at radius 2 is 2.12 bits per heavy atom. The molecule has 0 amide bonds. The van der Waals surface area contributed by atoms with Crippen LogP contribution in [-0.4, -0.2) is 38.0 Å². The lowest BCUT2D eigenvalue weighted by Gasteiger charge is -2.32. The van der Waals surface area contributed by atoms with Gasteiger partial charge in [-0.25, -0.2) is 0 Å². The predicted octanol–water partition coefficient (Wildman–Crippen LogP) is 1.80. The van der Waals surface area contributed by atoms with Crippen molar-refractivity contribution >= 4 is 0 Å². The third-order valence-electron chi connectivity index (χ3n) is 4.10. The third-order valence-corrected chi connectivity index (χ3v) is 4.10. The standard InChI is InChI=1S/C13H27NO2/c1-3-13(4-2,6-7-15)11-14-9-12-5-8-16-10-12/h12,14-15H,3-11H2,1-2H3. The molecule has 0 radical (unpaired) electrons. The molecule has 3 nitrogen and oxygen atoms in total. The Morgan fingerprint density at radius 3 is 2.62 bits per heavy atom. The zero-order valence-electron chi connectivity index (χ0n) is 10.8. The molecule has 1 fully saturated rings. The van der Waals surface area contributed by atoms with E-state index in [2.05, 4.69) is 19.2 Å². The van der Waals surface area contributed by atoms with Gasteiger partial charge in [-0.15, -0.1) is 0 Å². The minimum Gasteiger partial charge on any atom is -0.396 e. The summed E-state index contributed by atoms with van der Waals surface area (Å²) in [7, 11) is 0. The fourth-order valence-electron chi connectivity index (χ4n) is 2.46. The van der Waals surface area contributed by atoms with Crippen LogP contribution in [0.25, 0.3) is 0 Å². The molecule has 1 aliphatic rings. The average molecular weight is 229 g/mol. The van der Waals surface area contributed by atoms with Gasteiger partial charge in [0.05, 0.1) is 6.61 Å². The number of aliphatic hydroxyl groups is 1. The molecule has 0 saturated carbocycles. The second-order valence-electron chi connectivity index (χ2n) is 5.04. The number of ether oxygens (including phenoxy) is 1. The second-order valence-corrected chi connectivity index (χ2v) is 5.04. The van der Waals surface area contributed by atoms with Gasteiger partial charge in [0.1, 0.15) is 0 Å². The summed E-state index contributed by atoms with van der Waals surface area (Å²) in [6, 6.07) is 0. The largest absolute Gasteiger partial charge is 0.396 e. The summed E-state index contributed by atoms with van der Waals surface area (Å²) >= 11 is 0. The van der Waals surface area contributed by atoms with E-state index in [-0.39, 0.29) is 5.41 Å². The van der Waals surface area contributed by atoms with Crippen LogP contribution in [-0.2, 0) is 4.74 Å². The molecule has 0 spiro atoms. The minimum absolute atomic E-state index is 0.286. The van der Waals surface area contributed by atoms with E-state index >= 15 is 0 Å². The number of hydrogen-bond donors (Lipinski definition) is 2. The van der Waals surface area contributed by atoms with Gasteiger partial charge >= 0.3 is 0 Å². The highest BCUT2D eigenvalue weighted by molar-refractivity contribution is 4.80. The fraction of sp³-hybridized carbons (Fsp3) is 1.00. The summed E-state index contributed by atoms with van der Waals surface area (Å²) in [5.74, 6) is 0.695. The van der Waals surface area contributed by atoms with Crippen molar-refractivity contribution in [2.45, 2.75) is 39.5 Å². The van der Waals surface area contributed by atoms with Crippen molar-refractivity contribution < 1.29 is 9.84 Å². The van der Waals surface area contributed by atoms with Gasteiger partial charge < -0.3 is 15.2 Å². The molecule has 1 heterocycles. The number of hydrogen-bond acceptors (Lipinski definition) is 3. The Labute approximate surface area is 99.6 Å². The molecule has 0 aromatic carbocycles. The van der Waals surface area contributed by atoms with Crippen LogP contribution >= 0.6 is 0 Å². The Hall–Kier alpha value is -0.120. The van der Waals surface area contributed by atoms with Crippen molar-refractivity contribution in [2.24, 2.45) is 11.3 Å². The topological polar surface area (TPSA) is 41.5 Å². The Morgan fingerprint density at radius 1 is 1.38 bits per heavy atom.